The molecule has 0 bridgehead atoms. The molecule has 4 nitrogen and oxygen atoms in total. The van der Waals surface area contributed by atoms with E-state index in [1.165, 1.54) is 6.07 Å². The van der Waals surface area contributed by atoms with Crippen LogP contribution in [0.1, 0.15) is 24.2 Å². The van der Waals surface area contributed by atoms with Crippen LogP contribution in [-0.4, -0.2) is 34.0 Å². The van der Waals surface area contributed by atoms with Gasteiger partial charge in [0.15, 0.2) is 0 Å². The number of nitrogens with zero attached hydrogens (tertiary/aromatic N) is 1. The van der Waals surface area contributed by atoms with Gasteiger partial charge in [-0.25, -0.2) is 0 Å². The quantitative estimate of drug-likeness (QED) is 0.597. The van der Waals surface area contributed by atoms with Gasteiger partial charge in [-0.1, -0.05) is 19.1 Å². The lowest BCUT2D eigenvalue weighted by atomic mass is 10.1. The molecule has 0 saturated heterocycles. The number of carbonyl (C=O) groups is 1. The zero-order valence-electron chi connectivity index (χ0n) is 10.9. The topological polar surface area (TPSA) is 66.6 Å². The van der Waals surface area contributed by atoms with Gasteiger partial charge >= 0.3 is 0 Å². The molecule has 1 atom stereocenters. The number of phenols is 1. The van der Waals surface area contributed by atoms with Gasteiger partial charge in [-0.15, -0.1) is 0 Å². The highest BCUT2D eigenvalue weighted by molar-refractivity contribution is 14.1. The maximum absolute atomic E-state index is 12.3. The van der Waals surface area contributed by atoms with Crippen molar-refractivity contribution >= 4 is 45.7 Å². The Hall–Kier alpha value is -0.890. The maximum atomic E-state index is 12.3. The Morgan fingerprint density at radius 2 is 2.21 bits per heavy atom. The van der Waals surface area contributed by atoms with E-state index in [1.807, 2.05) is 36.4 Å². The maximum Gasteiger partial charge on any atom is 0.254 e. The first-order valence-corrected chi connectivity index (χ1v) is 7.42. The van der Waals surface area contributed by atoms with E-state index >= 15 is 0 Å². The molecule has 1 aromatic carbocycles. The van der Waals surface area contributed by atoms with Gasteiger partial charge in [0.25, 0.3) is 5.91 Å². The predicted octanol–water partition coefficient (Wildman–Crippen LogP) is 2.38. The van der Waals surface area contributed by atoms with E-state index in [4.69, 9.17) is 18.0 Å². The Labute approximate surface area is 132 Å². The van der Waals surface area contributed by atoms with Gasteiger partial charge in [-0.05, 0) is 47.7 Å². The van der Waals surface area contributed by atoms with E-state index in [1.54, 1.807) is 17.0 Å². The summed E-state index contributed by atoms with van der Waals surface area (Å²) in [5, 5.41) is 9.65. The minimum absolute atomic E-state index is 0.0312. The number of benzene rings is 1. The van der Waals surface area contributed by atoms with Gasteiger partial charge in [0.2, 0.25) is 0 Å². The van der Waals surface area contributed by atoms with Crippen LogP contribution in [0, 0.1) is 9.49 Å². The molecule has 0 aromatic heterocycles. The van der Waals surface area contributed by atoms with Crippen molar-refractivity contribution in [3.8, 4) is 5.75 Å². The number of aromatic hydroxyl groups is 1. The summed E-state index contributed by atoms with van der Waals surface area (Å²) in [7, 11) is 0. The van der Waals surface area contributed by atoms with Crippen LogP contribution in [0.3, 0.4) is 0 Å². The molecule has 0 aliphatic carbocycles. The normalized spacial score (nSPS) is 11.9. The number of nitrogens with two attached hydrogens (primary N) is 1. The number of thiocarbonyl (C=S) groups is 1. The third kappa shape index (κ3) is 4.31. The van der Waals surface area contributed by atoms with E-state index in [0.29, 0.717) is 27.2 Å². The van der Waals surface area contributed by atoms with Crippen LogP contribution in [0.4, 0.5) is 0 Å². The fourth-order valence-electron chi connectivity index (χ4n) is 1.60. The fourth-order valence-corrected chi connectivity index (χ4v) is 2.01. The van der Waals surface area contributed by atoms with Gasteiger partial charge in [0, 0.05) is 24.6 Å². The number of hydrogen-bond donors (Lipinski definition) is 2. The monoisotopic (exact) mass is 392 g/mol. The molecule has 104 valence electrons. The predicted molar refractivity (Wildman–Crippen MR) is 88.4 cm³/mol. The summed E-state index contributed by atoms with van der Waals surface area (Å²) in [6.07, 6.45) is 0. The van der Waals surface area contributed by atoms with Crippen LogP contribution in [0.5, 0.6) is 5.75 Å². The molecule has 0 spiro atoms. The third-order valence-corrected chi connectivity index (χ3v) is 4.16. The average Bonchev–Trinajstić information content (AvgIpc) is 2.37. The van der Waals surface area contributed by atoms with Crippen LogP contribution >= 0.6 is 34.8 Å². The molecule has 0 saturated carbocycles. The molecule has 0 aliphatic heterocycles. The number of rotatable bonds is 5. The smallest absolute Gasteiger partial charge is 0.254 e. The Bertz CT molecular complexity index is 494. The minimum Gasteiger partial charge on any atom is -0.507 e. The molecule has 0 heterocycles. The summed E-state index contributed by atoms with van der Waals surface area (Å²) in [5.74, 6) is -0.0430. The average molecular weight is 392 g/mol. The van der Waals surface area contributed by atoms with Crippen LogP contribution < -0.4 is 5.73 Å². The number of phenolic OH excluding ortho intramolecular Hbond substituents is 1. The van der Waals surface area contributed by atoms with Gasteiger partial charge in [0.05, 0.1) is 8.56 Å². The van der Waals surface area contributed by atoms with E-state index in [0.717, 1.165) is 0 Å². The van der Waals surface area contributed by atoms with Crippen LogP contribution in [0.15, 0.2) is 18.2 Å². The molecule has 1 unspecified atom stereocenters. The van der Waals surface area contributed by atoms with Crippen molar-refractivity contribution < 1.29 is 9.90 Å². The van der Waals surface area contributed by atoms with E-state index in [-0.39, 0.29) is 17.6 Å². The second-order valence-corrected chi connectivity index (χ2v) is 5.95. The van der Waals surface area contributed by atoms with Crippen molar-refractivity contribution in [3.63, 3.8) is 0 Å². The number of carbonyl (C=O) groups excluding carboxylic acids is 1. The lowest BCUT2D eigenvalue weighted by Crippen LogP contribution is -2.38. The molecule has 0 aliphatic rings. The Morgan fingerprint density at radius 3 is 2.68 bits per heavy atom. The Balaban J connectivity index is 2.89. The van der Waals surface area contributed by atoms with Crippen LogP contribution in [0.25, 0.3) is 0 Å². The Morgan fingerprint density at radius 1 is 1.58 bits per heavy atom. The van der Waals surface area contributed by atoms with Crippen molar-refractivity contribution in [2.75, 3.05) is 13.1 Å². The first-order chi connectivity index (χ1) is 8.86. The van der Waals surface area contributed by atoms with Gasteiger partial charge in [-0.3, -0.25) is 4.79 Å². The van der Waals surface area contributed by atoms with Crippen molar-refractivity contribution in [1.29, 1.82) is 0 Å². The highest BCUT2D eigenvalue weighted by atomic mass is 127. The van der Waals surface area contributed by atoms with Crippen molar-refractivity contribution in [3.05, 3.63) is 27.3 Å². The van der Waals surface area contributed by atoms with Crippen molar-refractivity contribution in [2.45, 2.75) is 13.8 Å². The lowest BCUT2D eigenvalue weighted by molar-refractivity contribution is 0.0754. The fraction of sp³-hybridized carbons (Fsp3) is 0.385. The third-order valence-electron chi connectivity index (χ3n) is 2.84. The van der Waals surface area contributed by atoms with Crippen molar-refractivity contribution in [1.82, 2.24) is 4.90 Å². The molecule has 6 heteroatoms. The van der Waals surface area contributed by atoms with E-state index < -0.39 is 0 Å². The summed E-state index contributed by atoms with van der Waals surface area (Å²) in [5.41, 5.74) is 6.04. The summed E-state index contributed by atoms with van der Waals surface area (Å²) >= 11 is 6.94. The molecular formula is C13H17IN2O2S. The molecular weight excluding hydrogens is 375 g/mol. The molecule has 1 amide bonds. The largest absolute Gasteiger partial charge is 0.507 e. The summed E-state index contributed by atoms with van der Waals surface area (Å²) in [6, 6.07) is 4.91. The summed E-state index contributed by atoms with van der Waals surface area (Å²) < 4.78 is 0.716. The minimum atomic E-state index is -0.127. The second-order valence-electron chi connectivity index (χ2n) is 4.31. The molecule has 1 rings (SSSR count). The zero-order valence-corrected chi connectivity index (χ0v) is 13.9. The SMILES string of the molecule is CCN(CC(C)C(N)=S)C(=O)c1ccc(I)c(O)c1. The molecule has 0 radical (unpaired) electrons. The standard InChI is InChI=1S/C13H17IN2O2S/c1-3-16(7-8(2)12(15)19)13(18)9-4-5-10(14)11(17)6-9/h4-6,8,17H,3,7H2,1-2H3,(H2,15,19). The number of hydrogen-bond acceptors (Lipinski definition) is 3. The van der Waals surface area contributed by atoms with E-state index in [9.17, 15) is 9.90 Å². The zero-order chi connectivity index (χ0) is 14.6. The van der Waals surface area contributed by atoms with Crippen molar-refractivity contribution in [2.24, 2.45) is 11.7 Å². The first kappa shape index (κ1) is 16.2. The summed E-state index contributed by atoms with van der Waals surface area (Å²) in [4.78, 5) is 14.4. The van der Waals surface area contributed by atoms with Gasteiger partial charge in [-0.2, -0.15) is 0 Å². The van der Waals surface area contributed by atoms with Crippen LogP contribution in [0.2, 0.25) is 0 Å². The molecule has 0 fully saturated rings. The highest BCUT2D eigenvalue weighted by Gasteiger charge is 2.18. The lowest BCUT2D eigenvalue weighted by Gasteiger charge is -2.24. The molecule has 19 heavy (non-hydrogen) atoms. The highest BCUT2D eigenvalue weighted by Crippen LogP contribution is 2.21. The number of amides is 1. The summed E-state index contributed by atoms with van der Waals surface area (Å²) in [6.45, 7) is 4.84. The number of halogens is 1. The first-order valence-electron chi connectivity index (χ1n) is 5.93. The molecule has 3 N–H and O–H groups in total. The van der Waals surface area contributed by atoms with Gasteiger partial charge < -0.3 is 15.7 Å². The van der Waals surface area contributed by atoms with Crippen LogP contribution in [-0.2, 0) is 0 Å². The Kier molecular flexibility index (Phi) is 5.99. The second kappa shape index (κ2) is 7.04. The van der Waals surface area contributed by atoms with Gasteiger partial charge in [0.1, 0.15) is 5.75 Å². The van der Waals surface area contributed by atoms with E-state index in [2.05, 4.69) is 0 Å². The molecule has 1 aromatic rings.